The van der Waals surface area contributed by atoms with Crippen molar-refractivity contribution >= 4 is 45.5 Å². The average molecular weight is 210 g/mol. The predicted molar refractivity (Wildman–Crippen MR) is 42.7 cm³/mol. The van der Waals surface area contributed by atoms with Gasteiger partial charge in [0.1, 0.15) is 0 Å². The Morgan fingerprint density at radius 1 is 0.889 bits per heavy atom. The van der Waals surface area contributed by atoms with Crippen LogP contribution >= 0.6 is 0 Å². The van der Waals surface area contributed by atoms with E-state index in [2.05, 4.69) is 0 Å². The van der Waals surface area contributed by atoms with Gasteiger partial charge in [0.05, 0.1) is 0 Å². The minimum absolute atomic E-state index is 0. The molecule has 0 aromatic rings. The molecule has 9 heavy (non-hydrogen) atoms. The summed E-state index contributed by atoms with van der Waals surface area (Å²) in [6.07, 6.45) is -0.333. The van der Waals surface area contributed by atoms with E-state index in [9.17, 15) is 0 Å². The van der Waals surface area contributed by atoms with Crippen molar-refractivity contribution in [3.05, 3.63) is 0 Å². The summed E-state index contributed by atoms with van der Waals surface area (Å²) in [6.45, 7) is 6.89. The van der Waals surface area contributed by atoms with E-state index in [1.165, 1.54) is 0 Å². The van der Waals surface area contributed by atoms with E-state index in [0.717, 1.165) is 0 Å². The Balaban J connectivity index is -0.0000000171. The average Bonchev–Trinajstić information content (AvgIpc) is 1.25. The van der Waals surface area contributed by atoms with Crippen LogP contribution in [0.3, 0.4) is 0 Å². The molecule has 0 unspecified atom stereocenters. The van der Waals surface area contributed by atoms with Gasteiger partial charge in [0.2, 0.25) is 0 Å². The Bertz CT molecular complexity index is 34.1. The zero-order valence-corrected chi connectivity index (χ0v) is 10.2. The van der Waals surface area contributed by atoms with Gasteiger partial charge in [0.15, 0.2) is 0 Å². The smallest absolute Gasteiger partial charge is 1.00 e. The van der Waals surface area contributed by atoms with Crippen molar-refractivity contribution < 1.29 is 13.1 Å². The molecule has 3 heteroatoms. The molecule has 0 bridgehead atoms. The monoisotopic (exact) mass is 210 g/mol. The minimum atomic E-state index is -0.167. The van der Waals surface area contributed by atoms with Gasteiger partial charge in [-0.2, -0.15) is 0 Å². The predicted octanol–water partition coefficient (Wildman–Crippen LogP) is 0.618. The molecule has 0 atom stereocenters. The van der Waals surface area contributed by atoms with Crippen LogP contribution in [0.25, 0.3) is 0 Å². The molecule has 0 spiro atoms. The molecule has 0 saturated carbocycles. The second kappa shape index (κ2) is 12.1. The Morgan fingerprint density at radius 3 is 0.889 bits per heavy atom. The summed E-state index contributed by atoms with van der Waals surface area (Å²) < 4.78 is 0. The van der Waals surface area contributed by atoms with Crippen LogP contribution in [0.4, 0.5) is 0 Å². The fraction of sp³-hybridized carbons (Fsp3) is 1.00. The first-order valence-electron chi connectivity index (χ1n) is 2.83. The molecule has 56 valence electrons. The minimum Gasteiger partial charge on any atom is -1.00 e. The van der Waals surface area contributed by atoms with Crippen molar-refractivity contribution in [2.24, 2.45) is 0 Å². The van der Waals surface area contributed by atoms with E-state index in [1.54, 1.807) is 27.7 Å². The maximum absolute atomic E-state index is 8.06. The Hall–Kier alpha value is 1.40. The number of rotatable bonds is 0. The summed E-state index contributed by atoms with van der Waals surface area (Å²) in [4.78, 5) is 0. The first-order chi connectivity index (χ1) is 3.46. The van der Waals surface area contributed by atoms with Gasteiger partial charge in [-0.1, -0.05) is 0 Å². The zero-order chi connectivity index (χ0) is 7.15. The van der Waals surface area contributed by atoms with Crippen LogP contribution < -0.4 is 0 Å². The van der Waals surface area contributed by atoms with Crippen LogP contribution in [0.2, 0.25) is 0 Å². The van der Waals surface area contributed by atoms with Crippen molar-refractivity contribution in [3.8, 4) is 0 Å². The van der Waals surface area contributed by atoms with Crippen molar-refractivity contribution in [1.29, 1.82) is 0 Å². The third-order valence-electron chi connectivity index (χ3n) is 0. The third kappa shape index (κ3) is 262. The topological polar surface area (TPSA) is 40.5 Å². The SMILES string of the molecule is CC(C)O.CC(C)O.[H-].[H-].[Sr+2]. The summed E-state index contributed by atoms with van der Waals surface area (Å²) in [5.74, 6) is 0. The van der Waals surface area contributed by atoms with E-state index in [1.807, 2.05) is 0 Å². The molecule has 0 aliphatic rings. The molecule has 0 saturated heterocycles. The number of aliphatic hydroxyl groups excluding tert-OH is 2. The first kappa shape index (κ1) is 16.8. The Labute approximate surface area is 97.5 Å². The summed E-state index contributed by atoms with van der Waals surface area (Å²) in [6, 6.07) is 0. The molecule has 0 fully saturated rings. The summed E-state index contributed by atoms with van der Waals surface area (Å²) in [7, 11) is 0. The van der Waals surface area contributed by atoms with E-state index in [0.29, 0.717) is 0 Å². The van der Waals surface area contributed by atoms with Crippen LogP contribution in [-0.2, 0) is 0 Å². The van der Waals surface area contributed by atoms with Crippen LogP contribution in [0.5, 0.6) is 0 Å². The van der Waals surface area contributed by atoms with Crippen molar-refractivity contribution in [2.45, 2.75) is 39.9 Å². The van der Waals surface area contributed by atoms with Gasteiger partial charge in [-0.15, -0.1) is 0 Å². The number of aliphatic hydroxyl groups is 2. The summed E-state index contributed by atoms with van der Waals surface area (Å²) in [5.41, 5.74) is 0. The first-order valence-corrected chi connectivity index (χ1v) is 2.83. The van der Waals surface area contributed by atoms with Gasteiger partial charge in [-0.05, 0) is 27.7 Å². The fourth-order valence-electron chi connectivity index (χ4n) is 0. The van der Waals surface area contributed by atoms with E-state index >= 15 is 0 Å². The van der Waals surface area contributed by atoms with Crippen LogP contribution in [0, 0.1) is 0 Å². The van der Waals surface area contributed by atoms with Crippen LogP contribution in [0.1, 0.15) is 30.5 Å². The molecular formula is C6H18O2Sr. The summed E-state index contributed by atoms with van der Waals surface area (Å²) >= 11 is 0. The van der Waals surface area contributed by atoms with Gasteiger partial charge in [0.25, 0.3) is 0 Å². The molecule has 0 radical (unpaired) electrons. The molecule has 0 aromatic carbocycles. The maximum atomic E-state index is 8.06. The molecule has 0 aliphatic heterocycles. The van der Waals surface area contributed by atoms with Gasteiger partial charge >= 0.3 is 45.5 Å². The normalized spacial score (nSPS) is 8.00. The zero-order valence-electron chi connectivity index (χ0n) is 8.76. The largest absolute Gasteiger partial charge is 2.00 e. The van der Waals surface area contributed by atoms with E-state index in [4.69, 9.17) is 10.2 Å². The molecule has 0 amide bonds. The van der Waals surface area contributed by atoms with Gasteiger partial charge in [-0.25, -0.2) is 0 Å². The number of hydrogen-bond acceptors (Lipinski definition) is 2. The second-order valence-corrected chi connectivity index (χ2v) is 2.19. The second-order valence-electron chi connectivity index (χ2n) is 2.19. The van der Waals surface area contributed by atoms with Crippen molar-refractivity contribution in [3.63, 3.8) is 0 Å². The molecule has 2 N–H and O–H groups in total. The van der Waals surface area contributed by atoms with E-state index < -0.39 is 0 Å². The molecule has 0 aromatic heterocycles. The Morgan fingerprint density at radius 2 is 0.889 bits per heavy atom. The standard InChI is InChI=1S/2C3H8O.Sr.2H/c2*1-3(2)4;;;/h2*3-4H,1-2H3;;;/q;;+2;2*-1. The molecule has 0 heterocycles. The van der Waals surface area contributed by atoms with Gasteiger partial charge in [-0.3, -0.25) is 0 Å². The van der Waals surface area contributed by atoms with Crippen molar-refractivity contribution in [2.75, 3.05) is 0 Å². The van der Waals surface area contributed by atoms with Crippen LogP contribution in [-0.4, -0.2) is 67.9 Å². The Kier molecular flexibility index (Phi) is 22.6. The molecular weight excluding hydrogens is 192 g/mol. The number of hydrogen-bond donors (Lipinski definition) is 2. The van der Waals surface area contributed by atoms with E-state index in [-0.39, 0.29) is 60.5 Å². The van der Waals surface area contributed by atoms with Crippen LogP contribution in [0.15, 0.2) is 0 Å². The maximum Gasteiger partial charge on any atom is 2.00 e. The van der Waals surface area contributed by atoms with Gasteiger partial charge < -0.3 is 13.1 Å². The molecule has 0 rings (SSSR count). The quantitative estimate of drug-likeness (QED) is 0.575. The van der Waals surface area contributed by atoms with Crippen molar-refractivity contribution in [1.82, 2.24) is 0 Å². The third-order valence-corrected chi connectivity index (χ3v) is 0. The summed E-state index contributed by atoms with van der Waals surface area (Å²) in [5, 5.41) is 16.1. The molecule has 2 nitrogen and oxygen atoms in total. The molecule has 0 aliphatic carbocycles. The van der Waals surface area contributed by atoms with Gasteiger partial charge in [0, 0.05) is 12.2 Å². The fourth-order valence-corrected chi connectivity index (χ4v) is 0.